The second-order valence-corrected chi connectivity index (χ2v) is 2.68. The molecule has 0 bridgehead atoms. The molecule has 0 saturated heterocycles. The van der Waals surface area contributed by atoms with Gasteiger partial charge in [0.05, 0.1) is 0 Å². The van der Waals surface area contributed by atoms with E-state index in [0.717, 1.165) is 0 Å². The van der Waals surface area contributed by atoms with Crippen LogP contribution in [0.3, 0.4) is 0 Å². The summed E-state index contributed by atoms with van der Waals surface area (Å²) < 4.78 is 17.1. The van der Waals surface area contributed by atoms with Crippen LogP contribution in [0.25, 0.3) is 0 Å². The Kier molecular flexibility index (Phi) is 18.3. The van der Waals surface area contributed by atoms with Crippen molar-refractivity contribution in [2.45, 2.75) is 13.8 Å². The first-order valence-corrected chi connectivity index (χ1v) is 5.38. The first-order valence-electron chi connectivity index (χ1n) is 2.46. The zero-order valence-electron chi connectivity index (χ0n) is 6.66. The predicted molar refractivity (Wildman–Crippen MR) is 30.2 cm³/mol. The van der Waals surface area contributed by atoms with Gasteiger partial charge in [-0.2, -0.15) is 15.6 Å². The summed E-state index contributed by atoms with van der Waals surface area (Å²) in [4.78, 5) is 51.3. The normalized spacial score (nSPS) is 9.54. The van der Waals surface area contributed by atoms with E-state index >= 15 is 0 Å². The van der Waals surface area contributed by atoms with Crippen LogP contribution in [0.2, 0.25) is 0 Å². The van der Waals surface area contributed by atoms with Crippen molar-refractivity contribution in [3.63, 3.8) is 0 Å². The number of hydrogen-bond donors (Lipinski definition) is 0. The highest BCUT2D eigenvalue weighted by Gasteiger charge is 1.45. The average molecular weight is 238 g/mol. The zero-order valence-corrected chi connectivity index (χ0v) is 8.45. The maximum atomic E-state index is 8.55. The van der Waals surface area contributed by atoms with Gasteiger partial charge >= 0.3 is 0 Å². The molecular weight excluding hydrogens is 230 g/mol. The molecule has 0 radical (unpaired) electrons. The SMILES string of the molecule is CC.O.O=P([O-])([O-])[O-].O=P([O-])([O-])[O-]. The van der Waals surface area contributed by atoms with Crippen molar-refractivity contribution in [2.75, 3.05) is 0 Å². The Bertz CT molecular complexity index is 128. The van der Waals surface area contributed by atoms with Gasteiger partial charge in [0.1, 0.15) is 0 Å². The Balaban J connectivity index is -0.0000000491. The third-order valence-electron chi connectivity index (χ3n) is 0. The first-order chi connectivity index (χ1) is 5.00. The van der Waals surface area contributed by atoms with Gasteiger partial charge in [-0.15, -0.1) is 0 Å². The summed E-state index contributed by atoms with van der Waals surface area (Å²) in [5.74, 6) is 0. The fourth-order valence-corrected chi connectivity index (χ4v) is 0. The first kappa shape index (κ1) is 23.2. The molecule has 0 amide bonds. The van der Waals surface area contributed by atoms with Gasteiger partial charge in [-0.25, -0.2) is 0 Å². The molecule has 86 valence electrons. The van der Waals surface area contributed by atoms with Gasteiger partial charge in [-0.1, -0.05) is 13.8 Å². The summed E-state index contributed by atoms with van der Waals surface area (Å²) in [5.41, 5.74) is 0. The fourth-order valence-electron chi connectivity index (χ4n) is 0. The van der Waals surface area contributed by atoms with E-state index in [-0.39, 0.29) is 5.48 Å². The van der Waals surface area contributed by atoms with Crippen LogP contribution in [-0.4, -0.2) is 5.48 Å². The predicted octanol–water partition coefficient (Wildman–Crippen LogP) is -5.45. The smallest absolute Gasteiger partial charge is 0.0683 e. The lowest BCUT2D eigenvalue weighted by Gasteiger charge is -2.36. The summed E-state index contributed by atoms with van der Waals surface area (Å²) in [6.45, 7) is 4.00. The Hall–Kier alpha value is 0.180. The van der Waals surface area contributed by atoms with Crippen molar-refractivity contribution < 1.29 is 44.0 Å². The van der Waals surface area contributed by atoms with E-state index in [4.69, 9.17) is 38.5 Å². The Labute approximate surface area is 74.5 Å². The molecule has 2 N–H and O–H groups in total. The molecule has 0 aliphatic carbocycles. The lowest BCUT2D eigenvalue weighted by Crippen LogP contribution is -2.24. The largest absolute Gasteiger partial charge is 0.822 e. The van der Waals surface area contributed by atoms with Crippen LogP contribution in [-0.2, 0) is 9.13 Å². The van der Waals surface area contributed by atoms with Gasteiger partial charge in [0.2, 0.25) is 0 Å². The van der Waals surface area contributed by atoms with Crippen LogP contribution in [0.15, 0.2) is 0 Å². The lowest BCUT2D eigenvalue weighted by atomic mass is 11.0. The fraction of sp³-hybridized carbons (Fsp3) is 1.00. The molecule has 0 aromatic rings. The summed E-state index contributed by atoms with van der Waals surface area (Å²) >= 11 is 0. The molecule has 0 heterocycles. The molecular formula is C2H8O9P2-6. The summed E-state index contributed by atoms with van der Waals surface area (Å²) in [6, 6.07) is 0. The van der Waals surface area contributed by atoms with Crippen molar-refractivity contribution in [1.82, 2.24) is 0 Å². The highest BCUT2D eigenvalue weighted by molar-refractivity contribution is 7.40. The van der Waals surface area contributed by atoms with Crippen LogP contribution in [0.1, 0.15) is 13.8 Å². The molecule has 0 fully saturated rings. The highest BCUT2D eigenvalue weighted by Crippen LogP contribution is 2.03. The minimum atomic E-state index is -5.39. The van der Waals surface area contributed by atoms with Gasteiger partial charge in [-0.05, 0) is 0 Å². The second kappa shape index (κ2) is 10.3. The van der Waals surface area contributed by atoms with Crippen LogP contribution in [0.5, 0.6) is 0 Å². The number of rotatable bonds is 0. The molecule has 0 aromatic heterocycles. The quantitative estimate of drug-likeness (QED) is 0.371. The molecule has 0 aliphatic heterocycles. The molecule has 9 nitrogen and oxygen atoms in total. The van der Waals surface area contributed by atoms with Crippen LogP contribution >= 0.6 is 15.6 Å². The van der Waals surface area contributed by atoms with E-state index < -0.39 is 15.6 Å². The van der Waals surface area contributed by atoms with E-state index in [9.17, 15) is 0 Å². The Morgan fingerprint density at radius 2 is 0.692 bits per heavy atom. The van der Waals surface area contributed by atoms with Crippen LogP contribution in [0, 0.1) is 0 Å². The molecule has 0 aliphatic rings. The third kappa shape index (κ3) is 39000. The molecule has 0 rings (SSSR count). The van der Waals surface area contributed by atoms with Gasteiger partial charge in [-0.3, -0.25) is 0 Å². The Morgan fingerprint density at radius 3 is 0.692 bits per heavy atom. The van der Waals surface area contributed by atoms with Gasteiger partial charge in [0.25, 0.3) is 0 Å². The van der Waals surface area contributed by atoms with E-state index in [1.807, 2.05) is 13.8 Å². The Morgan fingerprint density at radius 1 is 0.692 bits per heavy atom. The summed E-state index contributed by atoms with van der Waals surface area (Å²) in [5, 5.41) is 0. The summed E-state index contributed by atoms with van der Waals surface area (Å²) in [7, 11) is -10.8. The van der Waals surface area contributed by atoms with E-state index in [1.165, 1.54) is 0 Å². The molecule has 0 spiro atoms. The van der Waals surface area contributed by atoms with Gasteiger partial charge in [0, 0.05) is 0 Å². The maximum absolute atomic E-state index is 8.55. The van der Waals surface area contributed by atoms with E-state index in [1.54, 1.807) is 0 Å². The standard InChI is InChI=1S/C2H6.2H3O4P.H2O/c1-2;2*1-5(2,3)4;/h1-2H3;2*(H3,1,2,3,4);1H2/p-6. The van der Waals surface area contributed by atoms with Crippen LogP contribution < -0.4 is 29.4 Å². The molecule has 11 heteroatoms. The van der Waals surface area contributed by atoms with E-state index in [2.05, 4.69) is 0 Å². The van der Waals surface area contributed by atoms with Crippen molar-refractivity contribution >= 4 is 15.6 Å². The zero-order chi connectivity index (χ0) is 11.0. The highest BCUT2D eigenvalue weighted by atomic mass is 31.2. The average Bonchev–Trinajstić information content (AvgIpc) is 1.59. The van der Waals surface area contributed by atoms with Crippen LogP contribution in [0.4, 0.5) is 0 Å². The number of hydrogen-bond acceptors (Lipinski definition) is 8. The van der Waals surface area contributed by atoms with Crippen molar-refractivity contribution in [1.29, 1.82) is 0 Å². The van der Waals surface area contributed by atoms with Gasteiger partial charge < -0.3 is 44.0 Å². The molecule has 0 saturated carbocycles. The van der Waals surface area contributed by atoms with Crippen molar-refractivity contribution in [2.24, 2.45) is 0 Å². The van der Waals surface area contributed by atoms with Crippen molar-refractivity contribution in [3.05, 3.63) is 0 Å². The lowest BCUT2D eigenvalue weighted by molar-refractivity contribution is -0.434. The van der Waals surface area contributed by atoms with E-state index in [0.29, 0.717) is 0 Å². The molecule has 0 atom stereocenters. The van der Waals surface area contributed by atoms with Gasteiger partial charge in [0.15, 0.2) is 0 Å². The topological polar surface area (TPSA) is 204 Å². The molecule has 0 aromatic carbocycles. The minimum Gasteiger partial charge on any atom is -0.822 e. The van der Waals surface area contributed by atoms with Crippen molar-refractivity contribution in [3.8, 4) is 0 Å². The third-order valence-corrected chi connectivity index (χ3v) is 0. The molecule has 13 heavy (non-hydrogen) atoms. The second-order valence-electron chi connectivity index (χ2n) is 0.894. The summed E-state index contributed by atoms with van der Waals surface area (Å²) in [6.07, 6.45) is 0. The maximum Gasteiger partial charge on any atom is -0.0683 e. The monoisotopic (exact) mass is 238 g/mol. The minimum absolute atomic E-state index is 0. The number of phosphoric acid groups is 2. The molecule has 0 unspecified atom stereocenters.